The molecule has 0 unspecified atom stereocenters. The third-order valence-corrected chi connectivity index (χ3v) is 4.38. The number of hydrogen-bond donors (Lipinski definition) is 1. The number of nitrogens with zero attached hydrogens (tertiary/aromatic N) is 1. The maximum atomic E-state index is 5.57. The van der Waals surface area contributed by atoms with E-state index in [1.165, 1.54) is 32.8 Å². The second kappa shape index (κ2) is 4.22. The molecule has 2 aromatic heterocycles. The number of nitrogens with one attached hydrogen (secondary N) is 1. The minimum absolute atomic E-state index is 0.907. The van der Waals surface area contributed by atoms with Gasteiger partial charge in [0.1, 0.15) is 5.75 Å². The molecule has 3 nitrogen and oxygen atoms in total. The van der Waals surface area contributed by atoms with Crippen molar-refractivity contribution in [3.8, 4) is 5.75 Å². The summed E-state index contributed by atoms with van der Waals surface area (Å²) in [4.78, 5) is 7.84. The molecule has 1 N–H and O–H groups in total. The van der Waals surface area contributed by atoms with Crippen LogP contribution in [0.1, 0.15) is 11.1 Å². The fraction of sp³-hybridized carbons (Fsp3) is 0.167. The Hall–Kier alpha value is -2.55. The summed E-state index contributed by atoms with van der Waals surface area (Å²) in [5.41, 5.74) is 4.80. The van der Waals surface area contributed by atoms with Gasteiger partial charge in [-0.3, -0.25) is 4.98 Å². The lowest BCUT2D eigenvalue weighted by molar-refractivity contribution is 0.420. The molecule has 0 saturated heterocycles. The molecule has 2 aromatic carbocycles. The highest BCUT2D eigenvalue weighted by molar-refractivity contribution is 6.18. The van der Waals surface area contributed by atoms with Gasteiger partial charge in [-0.2, -0.15) is 0 Å². The molecule has 0 amide bonds. The standard InChI is InChI=1S/C18H16N2O/c1-10-13-9-19-8-7-12(13)11(2)18-16(10)17-14(20-18)5-4-6-15(17)21-3/h4-9,20H,1-3H3. The maximum Gasteiger partial charge on any atom is 0.128 e. The van der Waals surface area contributed by atoms with E-state index < -0.39 is 0 Å². The van der Waals surface area contributed by atoms with Crippen molar-refractivity contribution in [1.29, 1.82) is 0 Å². The molecule has 2 heterocycles. The Balaban J connectivity index is 2.36. The average Bonchev–Trinajstić information content (AvgIpc) is 2.92. The molecular weight excluding hydrogens is 260 g/mol. The minimum atomic E-state index is 0.907. The van der Waals surface area contributed by atoms with Crippen molar-refractivity contribution in [3.05, 3.63) is 47.8 Å². The number of benzene rings is 2. The predicted molar refractivity (Wildman–Crippen MR) is 87.1 cm³/mol. The van der Waals surface area contributed by atoms with Crippen LogP contribution in [-0.4, -0.2) is 17.1 Å². The van der Waals surface area contributed by atoms with Crippen molar-refractivity contribution in [2.45, 2.75) is 13.8 Å². The lowest BCUT2D eigenvalue weighted by atomic mass is 9.97. The van der Waals surface area contributed by atoms with Crippen LogP contribution in [-0.2, 0) is 0 Å². The number of aromatic amines is 1. The van der Waals surface area contributed by atoms with E-state index in [1.807, 2.05) is 24.5 Å². The Morgan fingerprint density at radius 3 is 2.67 bits per heavy atom. The second-order valence-electron chi connectivity index (χ2n) is 5.43. The average molecular weight is 276 g/mol. The Morgan fingerprint density at radius 2 is 1.86 bits per heavy atom. The van der Waals surface area contributed by atoms with Gasteiger partial charge in [0.2, 0.25) is 0 Å². The van der Waals surface area contributed by atoms with Gasteiger partial charge in [-0.15, -0.1) is 0 Å². The van der Waals surface area contributed by atoms with E-state index in [0.29, 0.717) is 0 Å². The third-order valence-electron chi connectivity index (χ3n) is 4.38. The van der Waals surface area contributed by atoms with Crippen molar-refractivity contribution in [3.63, 3.8) is 0 Å². The Bertz CT molecular complexity index is 999. The first-order valence-corrected chi connectivity index (χ1v) is 7.03. The molecular formula is C18H16N2O. The van der Waals surface area contributed by atoms with Gasteiger partial charge in [0, 0.05) is 28.6 Å². The molecule has 4 aromatic rings. The van der Waals surface area contributed by atoms with Crippen LogP contribution >= 0.6 is 0 Å². The Kier molecular flexibility index (Phi) is 2.45. The van der Waals surface area contributed by atoms with E-state index in [0.717, 1.165) is 16.7 Å². The molecule has 4 rings (SSSR count). The van der Waals surface area contributed by atoms with Gasteiger partial charge in [-0.05, 0) is 48.6 Å². The van der Waals surface area contributed by atoms with Crippen LogP contribution < -0.4 is 4.74 Å². The highest BCUT2D eigenvalue weighted by Crippen LogP contribution is 2.39. The van der Waals surface area contributed by atoms with Gasteiger partial charge in [0.05, 0.1) is 18.1 Å². The van der Waals surface area contributed by atoms with Crippen LogP contribution in [0.4, 0.5) is 0 Å². The van der Waals surface area contributed by atoms with Gasteiger partial charge in [-0.1, -0.05) is 6.07 Å². The summed E-state index contributed by atoms with van der Waals surface area (Å²) in [6, 6.07) is 8.21. The maximum absolute atomic E-state index is 5.57. The summed E-state index contributed by atoms with van der Waals surface area (Å²) in [6.07, 6.45) is 3.80. The number of fused-ring (bicyclic) bond motifs is 4. The first-order valence-electron chi connectivity index (χ1n) is 7.03. The predicted octanol–water partition coefficient (Wildman–Crippen LogP) is 4.49. The molecule has 104 valence electrons. The van der Waals surface area contributed by atoms with Crippen LogP contribution in [0, 0.1) is 13.8 Å². The zero-order valence-electron chi connectivity index (χ0n) is 12.3. The van der Waals surface area contributed by atoms with Gasteiger partial charge in [-0.25, -0.2) is 0 Å². The molecule has 0 bridgehead atoms. The molecule has 3 heteroatoms. The van der Waals surface area contributed by atoms with Crippen LogP contribution in [0.25, 0.3) is 32.6 Å². The molecule has 0 fully saturated rings. The number of aromatic nitrogens is 2. The first-order chi connectivity index (χ1) is 10.2. The molecule has 0 saturated carbocycles. The lowest BCUT2D eigenvalue weighted by Gasteiger charge is -2.09. The zero-order chi connectivity index (χ0) is 14.6. The van der Waals surface area contributed by atoms with Gasteiger partial charge in [0.15, 0.2) is 0 Å². The third kappa shape index (κ3) is 1.51. The van der Waals surface area contributed by atoms with Crippen LogP contribution in [0.5, 0.6) is 5.75 Å². The van der Waals surface area contributed by atoms with Crippen molar-refractivity contribution in [2.24, 2.45) is 0 Å². The zero-order valence-corrected chi connectivity index (χ0v) is 12.3. The largest absolute Gasteiger partial charge is 0.496 e. The molecule has 0 spiro atoms. The monoisotopic (exact) mass is 276 g/mol. The van der Waals surface area contributed by atoms with Crippen molar-refractivity contribution in [1.82, 2.24) is 9.97 Å². The van der Waals surface area contributed by atoms with Crippen LogP contribution in [0.15, 0.2) is 36.7 Å². The van der Waals surface area contributed by atoms with E-state index in [2.05, 4.69) is 35.9 Å². The van der Waals surface area contributed by atoms with Crippen LogP contribution in [0.2, 0.25) is 0 Å². The number of methoxy groups -OCH3 is 1. The van der Waals surface area contributed by atoms with Crippen LogP contribution in [0.3, 0.4) is 0 Å². The van der Waals surface area contributed by atoms with E-state index in [1.54, 1.807) is 7.11 Å². The normalized spacial score (nSPS) is 11.6. The second-order valence-corrected chi connectivity index (χ2v) is 5.43. The summed E-state index contributed by atoms with van der Waals surface area (Å²) in [5, 5.41) is 4.84. The van der Waals surface area contributed by atoms with Gasteiger partial charge >= 0.3 is 0 Å². The molecule has 0 aliphatic heterocycles. The summed E-state index contributed by atoms with van der Waals surface area (Å²) in [6.45, 7) is 4.32. The van der Waals surface area contributed by atoms with E-state index >= 15 is 0 Å². The van der Waals surface area contributed by atoms with E-state index in [-0.39, 0.29) is 0 Å². The highest BCUT2D eigenvalue weighted by atomic mass is 16.5. The molecule has 0 aliphatic rings. The summed E-state index contributed by atoms with van der Waals surface area (Å²) < 4.78 is 5.57. The van der Waals surface area contributed by atoms with Crippen molar-refractivity contribution in [2.75, 3.05) is 7.11 Å². The lowest BCUT2D eigenvalue weighted by Crippen LogP contribution is -1.88. The fourth-order valence-corrected chi connectivity index (χ4v) is 3.33. The molecule has 0 aliphatic carbocycles. The molecule has 0 radical (unpaired) electrons. The number of hydrogen-bond acceptors (Lipinski definition) is 2. The fourth-order valence-electron chi connectivity index (χ4n) is 3.33. The summed E-state index contributed by atoms with van der Waals surface area (Å²) in [7, 11) is 1.72. The highest BCUT2D eigenvalue weighted by Gasteiger charge is 2.16. The Labute approximate surface area is 122 Å². The Morgan fingerprint density at radius 1 is 1.00 bits per heavy atom. The van der Waals surface area contributed by atoms with Gasteiger partial charge in [0.25, 0.3) is 0 Å². The summed E-state index contributed by atoms with van der Waals surface area (Å²) in [5.74, 6) is 0.907. The van der Waals surface area contributed by atoms with E-state index in [4.69, 9.17) is 4.74 Å². The first kappa shape index (κ1) is 12.2. The van der Waals surface area contributed by atoms with Crippen molar-refractivity contribution < 1.29 is 4.74 Å². The minimum Gasteiger partial charge on any atom is -0.496 e. The number of rotatable bonds is 1. The number of H-pyrrole nitrogens is 1. The summed E-state index contributed by atoms with van der Waals surface area (Å²) >= 11 is 0. The quantitative estimate of drug-likeness (QED) is 0.556. The van der Waals surface area contributed by atoms with E-state index in [9.17, 15) is 0 Å². The molecule has 0 atom stereocenters. The van der Waals surface area contributed by atoms with Crippen molar-refractivity contribution >= 4 is 32.6 Å². The topological polar surface area (TPSA) is 37.9 Å². The van der Waals surface area contributed by atoms with Gasteiger partial charge < -0.3 is 9.72 Å². The smallest absolute Gasteiger partial charge is 0.128 e. The number of ether oxygens (including phenoxy) is 1. The number of aryl methyl sites for hydroxylation is 2. The number of pyridine rings is 1. The molecule has 21 heavy (non-hydrogen) atoms. The SMILES string of the molecule is COc1cccc2[nH]c3c(C)c4ccncc4c(C)c3c12.